The van der Waals surface area contributed by atoms with E-state index in [2.05, 4.69) is 31.3 Å². The highest BCUT2D eigenvalue weighted by atomic mass is 79.9. The van der Waals surface area contributed by atoms with Crippen LogP contribution in [0.1, 0.15) is 12.0 Å². The Morgan fingerprint density at radius 2 is 2.21 bits per heavy atom. The lowest BCUT2D eigenvalue weighted by Crippen LogP contribution is -2.57. The summed E-state index contributed by atoms with van der Waals surface area (Å²) in [6.45, 7) is 2.92. The number of rotatable bonds is 5. The fraction of sp³-hybridized carbons (Fsp3) is 0.438. The number of nitrogens with one attached hydrogen (secondary N) is 2. The first-order chi connectivity index (χ1) is 11.4. The molecule has 0 aliphatic carbocycles. The number of hydrogen-bond donors (Lipinski definition) is 2. The van der Waals surface area contributed by atoms with E-state index >= 15 is 0 Å². The third kappa shape index (κ3) is 4.78. The van der Waals surface area contributed by atoms with E-state index in [9.17, 15) is 14.4 Å². The van der Waals surface area contributed by atoms with Crippen LogP contribution in [0.25, 0.3) is 0 Å². The first kappa shape index (κ1) is 18.4. The van der Waals surface area contributed by atoms with Gasteiger partial charge in [-0.15, -0.1) is 0 Å². The van der Waals surface area contributed by atoms with Crippen molar-refractivity contribution in [1.82, 2.24) is 10.2 Å². The Kier molecular flexibility index (Phi) is 6.33. The van der Waals surface area contributed by atoms with Crippen molar-refractivity contribution < 1.29 is 19.1 Å². The molecule has 1 aromatic rings. The average molecular weight is 398 g/mol. The van der Waals surface area contributed by atoms with E-state index in [0.717, 1.165) is 10.0 Å². The predicted molar refractivity (Wildman–Crippen MR) is 92.5 cm³/mol. The van der Waals surface area contributed by atoms with Crippen LogP contribution in [-0.4, -0.2) is 55.5 Å². The van der Waals surface area contributed by atoms with Crippen LogP contribution in [0, 0.1) is 6.92 Å². The van der Waals surface area contributed by atoms with Crippen LogP contribution in [0.3, 0.4) is 0 Å². The molecule has 0 radical (unpaired) electrons. The summed E-state index contributed by atoms with van der Waals surface area (Å²) < 4.78 is 5.41. The van der Waals surface area contributed by atoms with E-state index in [4.69, 9.17) is 0 Å². The Bertz CT molecular complexity index is 650. The van der Waals surface area contributed by atoms with Gasteiger partial charge in [0.1, 0.15) is 6.04 Å². The molecule has 7 nitrogen and oxygen atoms in total. The minimum absolute atomic E-state index is 0.0232. The van der Waals surface area contributed by atoms with Gasteiger partial charge in [-0.2, -0.15) is 0 Å². The van der Waals surface area contributed by atoms with E-state index in [1.807, 2.05) is 25.1 Å². The zero-order valence-corrected chi connectivity index (χ0v) is 15.2. The lowest BCUT2D eigenvalue weighted by atomic mass is 10.1. The number of benzene rings is 1. The van der Waals surface area contributed by atoms with Gasteiger partial charge in [0, 0.05) is 17.6 Å². The summed E-state index contributed by atoms with van der Waals surface area (Å²) in [6.07, 6.45) is -0.0795. The number of ether oxygens (including phenoxy) is 1. The van der Waals surface area contributed by atoms with Crippen molar-refractivity contribution >= 4 is 39.4 Å². The van der Waals surface area contributed by atoms with Gasteiger partial charge in [0.2, 0.25) is 11.8 Å². The van der Waals surface area contributed by atoms with Crippen molar-refractivity contribution in [1.29, 1.82) is 0 Å². The van der Waals surface area contributed by atoms with Crippen LogP contribution in [0.2, 0.25) is 0 Å². The molecule has 1 aliphatic rings. The standard InChI is InChI=1S/C16H20BrN3O4/c1-10-3-4-12(11(17)7-10)19-14(21)9-20-6-5-18-16(23)13(20)8-15(22)24-2/h3-4,7,13H,5-6,8-9H2,1-2H3,(H,18,23)(H,19,21)/t13-/m1/s1. The molecule has 0 saturated carbocycles. The van der Waals surface area contributed by atoms with Gasteiger partial charge in [-0.1, -0.05) is 6.07 Å². The molecule has 0 unspecified atom stereocenters. The number of nitrogens with zero attached hydrogens (tertiary/aromatic N) is 1. The van der Waals surface area contributed by atoms with Crippen LogP contribution < -0.4 is 10.6 Å². The van der Waals surface area contributed by atoms with Gasteiger partial charge >= 0.3 is 5.97 Å². The molecule has 1 saturated heterocycles. The molecule has 24 heavy (non-hydrogen) atoms. The van der Waals surface area contributed by atoms with Crippen LogP contribution in [0.15, 0.2) is 22.7 Å². The number of aryl methyl sites for hydroxylation is 1. The van der Waals surface area contributed by atoms with Gasteiger partial charge in [-0.05, 0) is 40.5 Å². The van der Waals surface area contributed by atoms with Crippen molar-refractivity contribution in [3.63, 3.8) is 0 Å². The zero-order chi connectivity index (χ0) is 17.7. The van der Waals surface area contributed by atoms with Crippen LogP contribution >= 0.6 is 15.9 Å². The summed E-state index contributed by atoms with van der Waals surface area (Å²) in [5.41, 5.74) is 1.74. The highest BCUT2D eigenvalue weighted by Gasteiger charge is 2.33. The molecule has 130 valence electrons. The lowest BCUT2D eigenvalue weighted by molar-refractivity contribution is -0.146. The highest BCUT2D eigenvalue weighted by molar-refractivity contribution is 9.10. The van der Waals surface area contributed by atoms with Crippen molar-refractivity contribution in [2.24, 2.45) is 0 Å². The van der Waals surface area contributed by atoms with Crippen molar-refractivity contribution in [3.8, 4) is 0 Å². The lowest BCUT2D eigenvalue weighted by Gasteiger charge is -2.33. The fourth-order valence-electron chi connectivity index (χ4n) is 2.51. The minimum Gasteiger partial charge on any atom is -0.469 e. The van der Waals surface area contributed by atoms with Gasteiger partial charge in [-0.3, -0.25) is 19.3 Å². The fourth-order valence-corrected chi connectivity index (χ4v) is 3.10. The smallest absolute Gasteiger partial charge is 0.307 e. The number of hydrogen-bond acceptors (Lipinski definition) is 5. The second kappa shape index (κ2) is 8.25. The van der Waals surface area contributed by atoms with Gasteiger partial charge < -0.3 is 15.4 Å². The summed E-state index contributed by atoms with van der Waals surface area (Å²) in [5.74, 6) is -0.996. The molecule has 2 rings (SSSR count). The maximum absolute atomic E-state index is 12.3. The monoisotopic (exact) mass is 397 g/mol. The van der Waals surface area contributed by atoms with Gasteiger partial charge in [-0.25, -0.2) is 0 Å². The minimum atomic E-state index is -0.696. The van der Waals surface area contributed by atoms with Crippen molar-refractivity contribution in [3.05, 3.63) is 28.2 Å². The average Bonchev–Trinajstić information content (AvgIpc) is 2.53. The van der Waals surface area contributed by atoms with Crippen LogP contribution in [0.4, 0.5) is 5.69 Å². The molecule has 0 bridgehead atoms. The number of carbonyl (C=O) groups excluding carboxylic acids is 3. The number of methoxy groups -OCH3 is 1. The summed E-state index contributed by atoms with van der Waals surface area (Å²) in [4.78, 5) is 37.5. The molecule has 8 heteroatoms. The quantitative estimate of drug-likeness (QED) is 0.725. The number of halogens is 1. The second-order valence-electron chi connectivity index (χ2n) is 5.59. The molecular weight excluding hydrogens is 378 g/mol. The van der Waals surface area contributed by atoms with Crippen molar-refractivity contribution in [2.75, 3.05) is 32.1 Å². The largest absolute Gasteiger partial charge is 0.469 e. The number of esters is 1. The molecule has 0 aromatic heterocycles. The maximum Gasteiger partial charge on any atom is 0.307 e. The Balaban J connectivity index is 2.02. The van der Waals surface area contributed by atoms with Crippen LogP contribution in [0.5, 0.6) is 0 Å². The van der Waals surface area contributed by atoms with E-state index < -0.39 is 12.0 Å². The Hall–Kier alpha value is -1.93. The van der Waals surface area contributed by atoms with Gasteiger partial charge in [0.05, 0.1) is 25.8 Å². The summed E-state index contributed by atoms with van der Waals surface area (Å²) >= 11 is 3.41. The molecule has 1 aliphatic heterocycles. The third-order valence-electron chi connectivity index (χ3n) is 3.77. The Labute approximate surface area is 148 Å². The Morgan fingerprint density at radius 3 is 2.88 bits per heavy atom. The van der Waals surface area contributed by atoms with E-state index in [1.165, 1.54) is 7.11 Å². The Morgan fingerprint density at radius 1 is 1.46 bits per heavy atom. The number of amides is 2. The van der Waals surface area contributed by atoms with E-state index in [0.29, 0.717) is 18.8 Å². The normalized spacial score (nSPS) is 18.0. The molecule has 1 atom stereocenters. The number of carbonyl (C=O) groups is 3. The first-order valence-corrected chi connectivity index (χ1v) is 8.34. The molecule has 0 spiro atoms. The molecule has 1 heterocycles. The van der Waals surface area contributed by atoms with Crippen LogP contribution in [-0.2, 0) is 19.1 Å². The summed E-state index contributed by atoms with van der Waals surface area (Å²) in [6, 6.07) is 4.92. The third-order valence-corrected chi connectivity index (χ3v) is 4.43. The van der Waals surface area contributed by atoms with Gasteiger partial charge in [0.25, 0.3) is 0 Å². The van der Waals surface area contributed by atoms with E-state index in [-0.39, 0.29) is 24.8 Å². The summed E-state index contributed by atoms with van der Waals surface area (Å²) in [7, 11) is 1.27. The predicted octanol–water partition coefficient (Wildman–Crippen LogP) is 1.06. The molecule has 2 amide bonds. The molecule has 1 fully saturated rings. The molecule has 1 aromatic carbocycles. The molecular formula is C16H20BrN3O4. The highest BCUT2D eigenvalue weighted by Crippen LogP contribution is 2.23. The SMILES string of the molecule is COC(=O)C[C@@H]1C(=O)NCCN1CC(=O)Nc1ccc(C)cc1Br. The number of piperazine rings is 1. The second-order valence-corrected chi connectivity index (χ2v) is 6.44. The summed E-state index contributed by atoms with van der Waals surface area (Å²) in [5, 5.41) is 5.51. The molecule has 2 N–H and O–H groups in total. The van der Waals surface area contributed by atoms with Gasteiger partial charge in [0.15, 0.2) is 0 Å². The topological polar surface area (TPSA) is 87.7 Å². The zero-order valence-electron chi connectivity index (χ0n) is 13.6. The first-order valence-electron chi connectivity index (χ1n) is 7.55. The van der Waals surface area contributed by atoms with E-state index in [1.54, 1.807) is 4.90 Å². The van der Waals surface area contributed by atoms with Crippen molar-refractivity contribution in [2.45, 2.75) is 19.4 Å². The number of anilines is 1. The maximum atomic E-state index is 12.3.